The van der Waals surface area contributed by atoms with E-state index in [2.05, 4.69) is 10.2 Å². The lowest BCUT2D eigenvalue weighted by molar-refractivity contribution is 0.0534. The van der Waals surface area contributed by atoms with Crippen molar-refractivity contribution in [3.63, 3.8) is 0 Å². The molecule has 5 rings (SSSR count). The highest BCUT2D eigenvalue weighted by Crippen LogP contribution is 2.33. The Morgan fingerprint density at radius 2 is 1.97 bits per heavy atom. The number of benzene rings is 2. The van der Waals surface area contributed by atoms with Crippen LogP contribution in [0.25, 0.3) is 0 Å². The molecule has 0 spiro atoms. The van der Waals surface area contributed by atoms with E-state index in [9.17, 15) is 4.79 Å². The number of rotatable bonds is 6. The number of carbonyl (C=O) groups excluding carboxylic acids is 1. The van der Waals surface area contributed by atoms with Gasteiger partial charge in [-0.1, -0.05) is 0 Å². The zero-order valence-electron chi connectivity index (χ0n) is 17.7. The van der Waals surface area contributed by atoms with Crippen molar-refractivity contribution in [2.45, 2.75) is 25.0 Å². The molecule has 0 saturated carbocycles. The molecule has 2 fully saturated rings. The molecule has 2 aromatic carbocycles. The molecule has 31 heavy (non-hydrogen) atoms. The normalized spacial score (nSPS) is 26.2. The van der Waals surface area contributed by atoms with Crippen LogP contribution in [0.1, 0.15) is 23.2 Å². The van der Waals surface area contributed by atoms with Gasteiger partial charge in [0.2, 0.25) is 0 Å². The zero-order valence-corrected chi connectivity index (χ0v) is 17.7. The van der Waals surface area contributed by atoms with Crippen LogP contribution in [0.2, 0.25) is 0 Å². The van der Waals surface area contributed by atoms with Crippen molar-refractivity contribution >= 4 is 5.91 Å². The van der Waals surface area contributed by atoms with Gasteiger partial charge in [0.25, 0.3) is 5.91 Å². The molecule has 0 aliphatic carbocycles. The highest BCUT2D eigenvalue weighted by atomic mass is 16.6. The molecule has 2 aromatic rings. The van der Waals surface area contributed by atoms with Gasteiger partial charge in [-0.25, -0.2) is 0 Å². The van der Waals surface area contributed by atoms with Crippen LogP contribution in [-0.4, -0.2) is 62.9 Å². The summed E-state index contributed by atoms with van der Waals surface area (Å²) < 4.78 is 22.8. The van der Waals surface area contributed by atoms with Crippen LogP contribution in [0.4, 0.5) is 0 Å². The lowest BCUT2D eigenvalue weighted by Crippen LogP contribution is -2.47. The third kappa shape index (κ3) is 4.56. The van der Waals surface area contributed by atoms with Gasteiger partial charge in [-0.05, 0) is 67.8 Å². The first-order valence-corrected chi connectivity index (χ1v) is 10.9. The number of nitrogens with one attached hydrogen (secondary N) is 1. The summed E-state index contributed by atoms with van der Waals surface area (Å²) in [4.78, 5) is 15.2. The Labute approximate surface area is 182 Å². The molecular formula is C24H28N2O5. The average Bonchev–Trinajstić information content (AvgIpc) is 3.15. The first kappa shape index (κ1) is 20.0. The third-order valence-corrected chi connectivity index (χ3v) is 6.22. The Kier molecular flexibility index (Phi) is 5.59. The standard InChI is InChI=1S/C24H28N2O5/c1-28-19-3-5-20(6-4-19)29-14-21-15-30-23-11-17(2-7-22(23)31-21)24(27)25-18-10-16-8-9-26(12-16)13-18/h2-7,11,16,18,21H,8-10,12-15H2,1H3,(H,25,27)/t16-,18-,21-/m1/s1. The SMILES string of the molecule is COc1ccc(OC[C@@H]2COc3cc(C(=O)N[C@@H]4C[C@H]5CCN(C5)C4)ccc3O2)cc1. The fourth-order valence-electron chi connectivity index (χ4n) is 4.63. The van der Waals surface area contributed by atoms with Crippen molar-refractivity contribution in [3.05, 3.63) is 48.0 Å². The Morgan fingerprint density at radius 3 is 2.77 bits per heavy atom. The molecule has 4 atom stereocenters. The van der Waals surface area contributed by atoms with Crippen molar-refractivity contribution in [2.24, 2.45) is 5.92 Å². The summed E-state index contributed by atoms with van der Waals surface area (Å²) >= 11 is 0. The van der Waals surface area contributed by atoms with Crippen LogP contribution in [0.15, 0.2) is 42.5 Å². The van der Waals surface area contributed by atoms with E-state index in [0.29, 0.717) is 30.3 Å². The third-order valence-electron chi connectivity index (χ3n) is 6.22. The first-order valence-electron chi connectivity index (χ1n) is 10.9. The molecule has 7 heteroatoms. The quantitative estimate of drug-likeness (QED) is 0.769. The fourth-order valence-corrected chi connectivity index (χ4v) is 4.63. The predicted molar refractivity (Wildman–Crippen MR) is 115 cm³/mol. The lowest BCUT2D eigenvalue weighted by Gasteiger charge is -2.30. The number of hydrogen-bond donors (Lipinski definition) is 1. The number of ether oxygens (including phenoxy) is 4. The highest BCUT2D eigenvalue weighted by molar-refractivity contribution is 5.95. The van der Waals surface area contributed by atoms with Gasteiger partial charge in [0, 0.05) is 24.7 Å². The van der Waals surface area contributed by atoms with E-state index in [1.807, 2.05) is 24.3 Å². The van der Waals surface area contributed by atoms with Crippen molar-refractivity contribution in [1.29, 1.82) is 0 Å². The minimum atomic E-state index is -0.221. The molecule has 0 aromatic heterocycles. The zero-order chi connectivity index (χ0) is 21.2. The highest BCUT2D eigenvalue weighted by Gasteiger charge is 2.33. The van der Waals surface area contributed by atoms with Gasteiger partial charge in [-0.2, -0.15) is 0 Å². The van der Waals surface area contributed by atoms with E-state index in [0.717, 1.165) is 36.9 Å². The number of piperidine rings is 1. The molecule has 164 valence electrons. The monoisotopic (exact) mass is 424 g/mol. The van der Waals surface area contributed by atoms with Crippen LogP contribution in [0, 0.1) is 5.92 Å². The lowest BCUT2D eigenvalue weighted by atomic mass is 9.96. The van der Waals surface area contributed by atoms with Gasteiger partial charge < -0.3 is 29.2 Å². The van der Waals surface area contributed by atoms with Gasteiger partial charge in [0.05, 0.1) is 7.11 Å². The molecule has 3 aliphatic heterocycles. The minimum Gasteiger partial charge on any atom is -0.497 e. The minimum absolute atomic E-state index is 0.0520. The molecule has 7 nitrogen and oxygen atoms in total. The fraction of sp³-hybridized carbons (Fsp3) is 0.458. The topological polar surface area (TPSA) is 69.3 Å². The molecule has 3 aliphatic rings. The summed E-state index contributed by atoms with van der Waals surface area (Å²) in [6.07, 6.45) is 2.10. The van der Waals surface area contributed by atoms with Gasteiger partial charge in [0.15, 0.2) is 17.6 Å². The molecule has 1 unspecified atom stereocenters. The van der Waals surface area contributed by atoms with Crippen LogP contribution in [-0.2, 0) is 0 Å². The summed E-state index contributed by atoms with van der Waals surface area (Å²) in [5, 5.41) is 3.19. The number of nitrogens with zero attached hydrogens (tertiary/aromatic N) is 1. The van der Waals surface area contributed by atoms with Crippen molar-refractivity contribution in [2.75, 3.05) is 40.0 Å². The number of methoxy groups -OCH3 is 1. The molecule has 3 heterocycles. The average molecular weight is 424 g/mol. The van der Waals surface area contributed by atoms with Crippen LogP contribution < -0.4 is 24.3 Å². The predicted octanol–water partition coefficient (Wildman–Crippen LogP) is 2.74. The molecular weight excluding hydrogens is 396 g/mol. The summed E-state index contributed by atoms with van der Waals surface area (Å²) in [6, 6.07) is 13.0. The van der Waals surface area contributed by atoms with Crippen LogP contribution in [0.3, 0.4) is 0 Å². The molecule has 0 radical (unpaired) electrons. The van der Waals surface area contributed by atoms with Crippen molar-refractivity contribution < 1.29 is 23.7 Å². The Morgan fingerprint density at radius 1 is 1.13 bits per heavy atom. The van der Waals surface area contributed by atoms with E-state index >= 15 is 0 Å². The van der Waals surface area contributed by atoms with E-state index in [-0.39, 0.29) is 18.1 Å². The number of fused-ring (bicyclic) bond motifs is 3. The molecule has 2 bridgehead atoms. The van der Waals surface area contributed by atoms with E-state index < -0.39 is 0 Å². The van der Waals surface area contributed by atoms with Gasteiger partial charge >= 0.3 is 0 Å². The second-order valence-corrected chi connectivity index (χ2v) is 8.52. The number of carbonyl (C=O) groups is 1. The maximum Gasteiger partial charge on any atom is 0.251 e. The summed E-state index contributed by atoms with van der Waals surface area (Å²) in [5.41, 5.74) is 0.600. The molecule has 1 N–H and O–H groups in total. The molecule has 1 amide bonds. The Balaban J connectivity index is 1.15. The summed E-state index contributed by atoms with van der Waals surface area (Å²) in [6.45, 7) is 4.02. The number of hydrogen-bond acceptors (Lipinski definition) is 6. The van der Waals surface area contributed by atoms with Crippen LogP contribution in [0.5, 0.6) is 23.0 Å². The van der Waals surface area contributed by atoms with Crippen molar-refractivity contribution in [1.82, 2.24) is 10.2 Å². The van der Waals surface area contributed by atoms with Gasteiger partial charge in [0.1, 0.15) is 24.7 Å². The van der Waals surface area contributed by atoms with E-state index in [1.54, 1.807) is 25.3 Å². The van der Waals surface area contributed by atoms with Gasteiger partial charge in [-0.3, -0.25) is 4.79 Å². The summed E-state index contributed by atoms with van der Waals surface area (Å²) in [5.74, 6) is 3.43. The Bertz CT molecular complexity index is 920. The smallest absolute Gasteiger partial charge is 0.251 e. The van der Waals surface area contributed by atoms with Gasteiger partial charge in [-0.15, -0.1) is 0 Å². The van der Waals surface area contributed by atoms with E-state index in [4.69, 9.17) is 18.9 Å². The maximum absolute atomic E-state index is 12.7. The summed E-state index contributed by atoms with van der Waals surface area (Å²) in [7, 11) is 1.63. The second kappa shape index (κ2) is 8.67. The van der Waals surface area contributed by atoms with Crippen LogP contribution >= 0.6 is 0 Å². The van der Waals surface area contributed by atoms with Crippen molar-refractivity contribution in [3.8, 4) is 23.0 Å². The second-order valence-electron chi connectivity index (χ2n) is 8.52. The Hall–Kier alpha value is -2.93. The molecule has 2 saturated heterocycles. The largest absolute Gasteiger partial charge is 0.497 e. The number of amides is 1. The van der Waals surface area contributed by atoms with E-state index in [1.165, 1.54) is 13.0 Å². The first-order chi connectivity index (χ1) is 15.2. The maximum atomic E-state index is 12.7.